The highest BCUT2D eigenvalue weighted by Gasteiger charge is 2.39. The van der Waals surface area contributed by atoms with Crippen molar-refractivity contribution in [2.24, 2.45) is 5.92 Å². The molecule has 3 atom stereocenters. The second-order valence-electron chi connectivity index (χ2n) is 7.03. The van der Waals surface area contributed by atoms with Crippen LogP contribution in [0.2, 0.25) is 0 Å². The van der Waals surface area contributed by atoms with Crippen molar-refractivity contribution in [2.45, 2.75) is 71.5 Å². The van der Waals surface area contributed by atoms with E-state index in [0.29, 0.717) is 38.7 Å². The summed E-state index contributed by atoms with van der Waals surface area (Å²) in [6.45, 7) is 6.87. The third kappa shape index (κ3) is 7.56. The average Bonchev–Trinajstić information content (AvgIpc) is 2.68. The van der Waals surface area contributed by atoms with Gasteiger partial charge in [0.1, 0.15) is 18.3 Å². The van der Waals surface area contributed by atoms with Crippen molar-refractivity contribution in [3.63, 3.8) is 0 Å². The van der Waals surface area contributed by atoms with E-state index in [-0.39, 0.29) is 18.5 Å². The van der Waals surface area contributed by atoms with E-state index < -0.39 is 23.6 Å². The van der Waals surface area contributed by atoms with Crippen LogP contribution in [0.15, 0.2) is 11.6 Å². The lowest BCUT2D eigenvalue weighted by Gasteiger charge is -2.35. The molecule has 1 aliphatic heterocycles. The van der Waals surface area contributed by atoms with E-state index in [1.807, 2.05) is 13.0 Å². The number of carboxylic acids is 1. The Balaban J connectivity index is 2.75. The average molecular weight is 370 g/mol. The molecule has 0 aromatic heterocycles. The van der Waals surface area contributed by atoms with Crippen LogP contribution in [0.5, 0.6) is 0 Å². The van der Waals surface area contributed by atoms with Gasteiger partial charge in [-0.1, -0.05) is 6.92 Å². The molecular formula is C19H30O7. The molecule has 0 aromatic carbocycles. The summed E-state index contributed by atoms with van der Waals surface area (Å²) in [5.74, 6) is -1.94. The molecule has 1 N–H and O–H groups in total. The van der Waals surface area contributed by atoms with Gasteiger partial charge in [-0.15, -0.1) is 0 Å². The van der Waals surface area contributed by atoms with E-state index in [4.69, 9.17) is 19.3 Å². The van der Waals surface area contributed by atoms with Crippen molar-refractivity contribution < 1.29 is 33.7 Å². The summed E-state index contributed by atoms with van der Waals surface area (Å²) in [6, 6.07) is 0. The van der Waals surface area contributed by atoms with E-state index in [1.54, 1.807) is 6.92 Å². The van der Waals surface area contributed by atoms with Crippen LogP contribution in [0, 0.1) is 5.92 Å². The maximum absolute atomic E-state index is 11.5. The van der Waals surface area contributed by atoms with Gasteiger partial charge in [-0.05, 0) is 50.7 Å². The largest absolute Gasteiger partial charge is 0.481 e. The summed E-state index contributed by atoms with van der Waals surface area (Å²) in [6.07, 6.45) is 4.51. The Bertz CT molecular complexity index is 540. The van der Waals surface area contributed by atoms with E-state index in [9.17, 15) is 14.4 Å². The van der Waals surface area contributed by atoms with Crippen LogP contribution in [-0.4, -0.2) is 47.9 Å². The third-order valence-electron chi connectivity index (χ3n) is 4.69. The highest BCUT2D eigenvalue weighted by atomic mass is 16.6. The monoisotopic (exact) mass is 370 g/mol. The first-order chi connectivity index (χ1) is 12.1. The van der Waals surface area contributed by atoms with Crippen LogP contribution in [0.3, 0.4) is 0 Å². The lowest BCUT2D eigenvalue weighted by molar-refractivity contribution is -0.167. The molecule has 0 bridgehead atoms. The van der Waals surface area contributed by atoms with Crippen LogP contribution >= 0.6 is 0 Å². The zero-order chi connectivity index (χ0) is 19.7. The predicted molar refractivity (Wildman–Crippen MR) is 94.5 cm³/mol. The summed E-state index contributed by atoms with van der Waals surface area (Å²) in [5, 5.41) is 9.01. The molecule has 1 heterocycles. The summed E-state index contributed by atoms with van der Waals surface area (Å²) >= 11 is 0. The van der Waals surface area contributed by atoms with Gasteiger partial charge in [0.2, 0.25) is 0 Å². The van der Waals surface area contributed by atoms with Crippen molar-refractivity contribution in [3.8, 4) is 0 Å². The fourth-order valence-electron chi connectivity index (χ4n) is 2.98. The molecule has 0 radical (unpaired) electrons. The van der Waals surface area contributed by atoms with Crippen LogP contribution in [-0.2, 0) is 28.6 Å². The molecule has 1 unspecified atom stereocenters. The second kappa shape index (κ2) is 10.3. The van der Waals surface area contributed by atoms with Gasteiger partial charge in [-0.25, -0.2) is 0 Å². The number of hydrogen-bond donors (Lipinski definition) is 1. The minimum Gasteiger partial charge on any atom is -0.481 e. The second-order valence-corrected chi connectivity index (χ2v) is 7.03. The molecule has 1 fully saturated rings. The first-order valence-corrected chi connectivity index (χ1v) is 8.99. The first kappa shape index (κ1) is 22.2. The first-order valence-electron chi connectivity index (χ1n) is 8.99. The molecule has 1 aliphatic rings. The lowest BCUT2D eigenvalue weighted by atomic mass is 9.88. The maximum atomic E-state index is 11.5. The Hall–Kier alpha value is -1.89. The van der Waals surface area contributed by atoms with Gasteiger partial charge < -0.3 is 19.3 Å². The summed E-state index contributed by atoms with van der Waals surface area (Å²) in [5.41, 5.74) is 0.312. The topological polar surface area (TPSA) is 99.1 Å². The molecule has 7 nitrogen and oxygen atoms in total. The molecule has 0 spiro atoms. The Morgan fingerprint density at radius 2 is 2.04 bits per heavy atom. The number of carboxylic acid groups (broad SMARTS) is 1. The van der Waals surface area contributed by atoms with Crippen molar-refractivity contribution >= 4 is 17.9 Å². The van der Waals surface area contributed by atoms with Crippen LogP contribution in [0.1, 0.15) is 59.8 Å². The van der Waals surface area contributed by atoms with Crippen molar-refractivity contribution in [2.75, 3.05) is 13.2 Å². The number of carbonyl (C=O) groups excluding carboxylic acids is 2. The van der Waals surface area contributed by atoms with Gasteiger partial charge in [-0.3, -0.25) is 14.4 Å². The number of ether oxygens (including phenoxy) is 3. The van der Waals surface area contributed by atoms with Gasteiger partial charge in [0.05, 0.1) is 12.5 Å². The van der Waals surface area contributed by atoms with E-state index in [1.165, 1.54) is 13.8 Å². The zero-order valence-corrected chi connectivity index (χ0v) is 16.1. The van der Waals surface area contributed by atoms with E-state index >= 15 is 0 Å². The highest BCUT2D eigenvalue weighted by molar-refractivity contribution is 5.69. The molecule has 7 heteroatoms. The smallest absolute Gasteiger partial charge is 0.306 e. The Morgan fingerprint density at radius 1 is 1.35 bits per heavy atom. The van der Waals surface area contributed by atoms with Crippen LogP contribution in [0.25, 0.3) is 0 Å². The number of rotatable bonds is 8. The molecule has 26 heavy (non-hydrogen) atoms. The van der Waals surface area contributed by atoms with Crippen LogP contribution in [0.4, 0.5) is 0 Å². The summed E-state index contributed by atoms with van der Waals surface area (Å²) < 4.78 is 16.5. The lowest BCUT2D eigenvalue weighted by Crippen LogP contribution is -2.43. The Morgan fingerprint density at radius 3 is 2.62 bits per heavy atom. The molecule has 0 saturated carbocycles. The molecule has 148 valence electrons. The Labute approximate surface area is 154 Å². The SMILES string of the molecule is CC(=O)OC/C=C1\CC[C@@H](OC(C)=O)[C@](C)(CCCC(C)C(=O)O)OC1. The summed E-state index contributed by atoms with van der Waals surface area (Å²) in [7, 11) is 0. The molecule has 1 rings (SSSR count). The number of aliphatic carboxylic acids is 1. The van der Waals surface area contributed by atoms with Gasteiger partial charge >= 0.3 is 17.9 Å². The van der Waals surface area contributed by atoms with E-state index in [2.05, 4.69) is 0 Å². The van der Waals surface area contributed by atoms with Crippen molar-refractivity contribution in [1.82, 2.24) is 0 Å². The highest BCUT2D eigenvalue weighted by Crippen LogP contribution is 2.33. The van der Waals surface area contributed by atoms with Crippen molar-refractivity contribution in [3.05, 3.63) is 11.6 Å². The van der Waals surface area contributed by atoms with Gasteiger partial charge in [0.25, 0.3) is 0 Å². The maximum Gasteiger partial charge on any atom is 0.306 e. The van der Waals surface area contributed by atoms with Crippen molar-refractivity contribution in [1.29, 1.82) is 0 Å². The third-order valence-corrected chi connectivity index (χ3v) is 4.69. The van der Waals surface area contributed by atoms with Gasteiger partial charge in [-0.2, -0.15) is 0 Å². The zero-order valence-electron chi connectivity index (χ0n) is 16.1. The fraction of sp³-hybridized carbons (Fsp3) is 0.737. The predicted octanol–water partition coefficient (Wildman–Crippen LogP) is 2.87. The summed E-state index contributed by atoms with van der Waals surface area (Å²) in [4.78, 5) is 33.3. The molecule has 0 aromatic rings. The number of hydrogen-bond acceptors (Lipinski definition) is 6. The molecule has 0 aliphatic carbocycles. The quantitative estimate of drug-likeness (QED) is 0.518. The van der Waals surface area contributed by atoms with Crippen LogP contribution < -0.4 is 0 Å². The molecule has 1 saturated heterocycles. The minimum atomic E-state index is -0.816. The van der Waals surface area contributed by atoms with Gasteiger partial charge in [0.15, 0.2) is 0 Å². The molecule has 0 amide bonds. The van der Waals surface area contributed by atoms with Gasteiger partial charge in [0, 0.05) is 13.8 Å². The minimum absolute atomic E-state index is 0.194. The standard InChI is InChI=1S/C19H30O7/c1-13(18(22)23)6-5-10-19(4)17(26-15(3)21)8-7-16(12-25-19)9-11-24-14(2)20/h9,13,17H,5-8,10-12H2,1-4H3,(H,22,23)/b16-9+/t13?,17-,19+/m1/s1. The van der Waals surface area contributed by atoms with E-state index in [0.717, 1.165) is 5.57 Å². The normalized spacial score (nSPS) is 26.0. The fourth-order valence-corrected chi connectivity index (χ4v) is 2.98. The number of esters is 2. The number of carbonyl (C=O) groups is 3. The Kier molecular flexibility index (Phi) is 8.78. The molecular weight excluding hydrogens is 340 g/mol.